The maximum absolute atomic E-state index is 12.2. The number of rotatable bonds is 3. The summed E-state index contributed by atoms with van der Waals surface area (Å²) in [5.41, 5.74) is 0.248. The van der Waals surface area contributed by atoms with Crippen molar-refractivity contribution in [2.75, 3.05) is 20.2 Å². The molecule has 0 radical (unpaired) electrons. The van der Waals surface area contributed by atoms with Crippen molar-refractivity contribution in [3.63, 3.8) is 0 Å². The fourth-order valence-corrected chi connectivity index (χ4v) is 2.40. The Hall–Kier alpha value is -1.75. The number of nitrogens with one attached hydrogen (secondary N) is 2. The summed E-state index contributed by atoms with van der Waals surface area (Å²) in [7, 11) is 1.46. The summed E-state index contributed by atoms with van der Waals surface area (Å²) in [4.78, 5) is 12.2. The number of amides is 1. The molecule has 2 unspecified atom stereocenters. The molecule has 1 saturated heterocycles. The number of carbonyl (C=O) groups excluding carboxylic acids is 1. The molecule has 1 fully saturated rings. The monoisotopic (exact) mass is 264 g/mol. The first-order valence-electron chi connectivity index (χ1n) is 6.49. The summed E-state index contributed by atoms with van der Waals surface area (Å²) in [5, 5.41) is 16.2. The Bertz CT molecular complexity index is 462. The quantitative estimate of drug-likeness (QED) is 0.765. The molecule has 5 nitrogen and oxygen atoms in total. The summed E-state index contributed by atoms with van der Waals surface area (Å²) in [6.07, 6.45) is 0.948. The van der Waals surface area contributed by atoms with Crippen LogP contribution in [0, 0.1) is 5.92 Å². The molecule has 0 spiro atoms. The van der Waals surface area contributed by atoms with Crippen molar-refractivity contribution in [1.82, 2.24) is 10.6 Å². The van der Waals surface area contributed by atoms with E-state index in [9.17, 15) is 9.90 Å². The zero-order valence-electron chi connectivity index (χ0n) is 11.3. The van der Waals surface area contributed by atoms with E-state index >= 15 is 0 Å². The summed E-state index contributed by atoms with van der Waals surface area (Å²) >= 11 is 0. The van der Waals surface area contributed by atoms with E-state index in [0.717, 1.165) is 19.5 Å². The van der Waals surface area contributed by atoms with E-state index in [-0.39, 0.29) is 23.3 Å². The van der Waals surface area contributed by atoms with Gasteiger partial charge in [0.1, 0.15) is 0 Å². The number of methoxy groups -OCH3 is 1. The average Bonchev–Trinajstić information content (AvgIpc) is 2.39. The standard InChI is InChI=1S/C14H20N2O3/c1-9-6-10(8-15-7-9)16-14(18)11-4-3-5-12(19-2)13(11)17/h3-5,9-10,15,17H,6-8H2,1-2H3,(H,16,18). The predicted molar refractivity (Wildman–Crippen MR) is 72.6 cm³/mol. The highest BCUT2D eigenvalue weighted by atomic mass is 16.5. The van der Waals surface area contributed by atoms with Gasteiger partial charge in [-0.3, -0.25) is 4.79 Å². The van der Waals surface area contributed by atoms with Crippen LogP contribution in [0.1, 0.15) is 23.7 Å². The number of carbonyl (C=O) groups is 1. The van der Waals surface area contributed by atoms with Crippen molar-refractivity contribution >= 4 is 5.91 Å². The molecule has 1 aliphatic rings. The lowest BCUT2D eigenvalue weighted by molar-refractivity contribution is 0.0922. The number of para-hydroxylation sites is 1. The number of hydrogen-bond donors (Lipinski definition) is 3. The van der Waals surface area contributed by atoms with Crippen LogP contribution >= 0.6 is 0 Å². The highest BCUT2D eigenvalue weighted by Crippen LogP contribution is 2.29. The fraction of sp³-hybridized carbons (Fsp3) is 0.500. The van der Waals surface area contributed by atoms with Crippen LogP contribution in [-0.2, 0) is 0 Å². The fourth-order valence-electron chi connectivity index (χ4n) is 2.40. The van der Waals surface area contributed by atoms with Crippen LogP contribution in [0.3, 0.4) is 0 Å². The molecule has 1 aromatic rings. The molecular formula is C14H20N2O3. The van der Waals surface area contributed by atoms with Crippen molar-refractivity contribution in [2.45, 2.75) is 19.4 Å². The highest BCUT2D eigenvalue weighted by molar-refractivity contribution is 5.97. The number of phenolic OH excluding ortho intramolecular Hbond substituents is 1. The van der Waals surface area contributed by atoms with E-state index in [1.165, 1.54) is 7.11 Å². The molecule has 0 bridgehead atoms. The van der Waals surface area contributed by atoms with Gasteiger partial charge in [0.15, 0.2) is 11.5 Å². The third-order valence-electron chi connectivity index (χ3n) is 3.37. The molecule has 104 valence electrons. The van der Waals surface area contributed by atoms with Crippen LogP contribution in [-0.4, -0.2) is 37.3 Å². The topological polar surface area (TPSA) is 70.6 Å². The summed E-state index contributed by atoms with van der Waals surface area (Å²) in [6, 6.07) is 5.00. The van der Waals surface area contributed by atoms with Crippen LogP contribution in [0.25, 0.3) is 0 Å². The lowest BCUT2D eigenvalue weighted by Gasteiger charge is -2.28. The predicted octanol–water partition coefficient (Wildman–Crippen LogP) is 1.13. The van der Waals surface area contributed by atoms with Gasteiger partial charge < -0.3 is 20.5 Å². The number of aromatic hydroxyl groups is 1. The second kappa shape index (κ2) is 5.93. The lowest BCUT2D eigenvalue weighted by Crippen LogP contribution is -2.48. The molecule has 2 atom stereocenters. The minimum Gasteiger partial charge on any atom is -0.504 e. The SMILES string of the molecule is COc1cccc(C(=O)NC2CNCC(C)C2)c1O. The normalized spacial score (nSPS) is 22.8. The van der Waals surface area contributed by atoms with Gasteiger partial charge in [-0.05, 0) is 31.0 Å². The molecule has 1 aromatic carbocycles. The van der Waals surface area contributed by atoms with Gasteiger partial charge in [0, 0.05) is 12.6 Å². The Morgan fingerprint density at radius 1 is 1.47 bits per heavy atom. The first-order chi connectivity index (χ1) is 9.11. The van der Waals surface area contributed by atoms with Crippen molar-refractivity contribution in [3.05, 3.63) is 23.8 Å². The first-order valence-corrected chi connectivity index (χ1v) is 6.49. The number of ether oxygens (including phenoxy) is 1. The minimum atomic E-state index is -0.266. The van der Waals surface area contributed by atoms with E-state index in [0.29, 0.717) is 11.7 Å². The van der Waals surface area contributed by atoms with Crippen molar-refractivity contribution in [2.24, 2.45) is 5.92 Å². The first kappa shape index (κ1) is 13.7. The van der Waals surface area contributed by atoms with Gasteiger partial charge in [0.25, 0.3) is 5.91 Å². The molecule has 0 aromatic heterocycles. The molecule has 1 amide bonds. The number of phenols is 1. The van der Waals surface area contributed by atoms with Gasteiger partial charge in [-0.15, -0.1) is 0 Å². The number of benzene rings is 1. The third-order valence-corrected chi connectivity index (χ3v) is 3.37. The number of piperidine rings is 1. The van der Waals surface area contributed by atoms with Crippen LogP contribution in [0.4, 0.5) is 0 Å². The summed E-state index contributed by atoms with van der Waals surface area (Å²) in [5.74, 6) is 0.470. The molecule has 5 heteroatoms. The van der Waals surface area contributed by atoms with Gasteiger partial charge in [0.2, 0.25) is 0 Å². The van der Waals surface area contributed by atoms with Gasteiger partial charge in [-0.1, -0.05) is 13.0 Å². The Morgan fingerprint density at radius 3 is 2.95 bits per heavy atom. The summed E-state index contributed by atoms with van der Waals surface area (Å²) < 4.78 is 5.00. The molecule has 0 saturated carbocycles. The van der Waals surface area contributed by atoms with Crippen LogP contribution < -0.4 is 15.4 Å². The second-order valence-corrected chi connectivity index (χ2v) is 5.03. The maximum atomic E-state index is 12.2. The van der Waals surface area contributed by atoms with Crippen LogP contribution in [0.15, 0.2) is 18.2 Å². The Balaban J connectivity index is 2.07. The molecule has 19 heavy (non-hydrogen) atoms. The Kier molecular flexibility index (Phi) is 4.27. The van der Waals surface area contributed by atoms with E-state index in [1.807, 2.05) is 0 Å². The Morgan fingerprint density at radius 2 is 2.26 bits per heavy atom. The van der Waals surface area contributed by atoms with Crippen molar-refractivity contribution in [1.29, 1.82) is 0 Å². The summed E-state index contributed by atoms with van der Waals surface area (Å²) in [6.45, 7) is 3.89. The van der Waals surface area contributed by atoms with Crippen molar-refractivity contribution < 1.29 is 14.6 Å². The maximum Gasteiger partial charge on any atom is 0.255 e. The van der Waals surface area contributed by atoms with Crippen LogP contribution in [0.2, 0.25) is 0 Å². The Labute approximate surface area is 113 Å². The zero-order chi connectivity index (χ0) is 13.8. The second-order valence-electron chi connectivity index (χ2n) is 5.03. The molecule has 2 rings (SSSR count). The molecule has 0 aliphatic carbocycles. The largest absolute Gasteiger partial charge is 0.504 e. The van der Waals surface area contributed by atoms with E-state index in [2.05, 4.69) is 17.6 Å². The van der Waals surface area contributed by atoms with Crippen LogP contribution in [0.5, 0.6) is 11.5 Å². The highest BCUT2D eigenvalue weighted by Gasteiger charge is 2.22. The van der Waals surface area contributed by atoms with Gasteiger partial charge >= 0.3 is 0 Å². The molecular weight excluding hydrogens is 244 g/mol. The molecule has 1 heterocycles. The number of hydrogen-bond acceptors (Lipinski definition) is 4. The molecule has 3 N–H and O–H groups in total. The third kappa shape index (κ3) is 3.17. The molecule has 1 aliphatic heterocycles. The van der Waals surface area contributed by atoms with Gasteiger partial charge in [0.05, 0.1) is 12.7 Å². The van der Waals surface area contributed by atoms with Gasteiger partial charge in [-0.25, -0.2) is 0 Å². The average molecular weight is 264 g/mol. The van der Waals surface area contributed by atoms with E-state index in [1.54, 1.807) is 18.2 Å². The smallest absolute Gasteiger partial charge is 0.255 e. The van der Waals surface area contributed by atoms with Gasteiger partial charge in [-0.2, -0.15) is 0 Å². The zero-order valence-corrected chi connectivity index (χ0v) is 11.3. The van der Waals surface area contributed by atoms with Crippen molar-refractivity contribution in [3.8, 4) is 11.5 Å². The van der Waals surface area contributed by atoms with E-state index in [4.69, 9.17) is 4.74 Å². The lowest BCUT2D eigenvalue weighted by atomic mass is 9.97. The van der Waals surface area contributed by atoms with E-state index < -0.39 is 0 Å². The minimum absolute atomic E-state index is 0.0989.